The van der Waals surface area contributed by atoms with E-state index in [0.29, 0.717) is 0 Å². The van der Waals surface area contributed by atoms with Crippen LogP contribution in [0, 0.1) is 12.3 Å². The van der Waals surface area contributed by atoms with E-state index in [1.807, 2.05) is 0 Å². The van der Waals surface area contributed by atoms with Gasteiger partial charge in [-0.2, -0.15) is 0 Å². The molecule has 2 heteroatoms. The van der Waals surface area contributed by atoms with Crippen molar-refractivity contribution in [1.82, 2.24) is 0 Å². The van der Waals surface area contributed by atoms with E-state index in [0.717, 1.165) is 25.7 Å². The Morgan fingerprint density at radius 3 is 2.36 bits per heavy atom. The lowest BCUT2D eigenvalue weighted by Gasteiger charge is -2.28. The molecular weight excluding hydrogens is 176 g/mol. The second-order valence-corrected chi connectivity index (χ2v) is 3.92. The van der Waals surface area contributed by atoms with Crippen molar-refractivity contribution in [2.24, 2.45) is 0 Å². The number of hydrogen-bond donors (Lipinski definition) is 0. The van der Waals surface area contributed by atoms with Gasteiger partial charge in [0.1, 0.15) is 5.60 Å². The highest BCUT2D eigenvalue weighted by atomic mass is 16.5. The van der Waals surface area contributed by atoms with E-state index in [2.05, 4.69) is 5.92 Å². The number of carbonyl (C=O) groups excluding carboxylic acids is 1. The van der Waals surface area contributed by atoms with Crippen LogP contribution in [0.1, 0.15) is 44.9 Å². The number of ether oxygens (including phenoxy) is 1. The zero-order valence-electron chi connectivity index (χ0n) is 8.84. The van der Waals surface area contributed by atoms with Gasteiger partial charge in [0.15, 0.2) is 5.78 Å². The van der Waals surface area contributed by atoms with Gasteiger partial charge < -0.3 is 4.74 Å². The molecule has 0 heterocycles. The normalized spacial score (nSPS) is 20.9. The zero-order valence-corrected chi connectivity index (χ0v) is 8.84. The fourth-order valence-corrected chi connectivity index (χ4v) is 2.15. The maximum atomic E-state index is 11.8. The molecule has 1 rings (SSSR count). The quantitative estimate of drug-likeness (QED) is 0.509. The minimum absolute atomic E-state index is 0.0874. The van der Waals surface area contributed by atoms with Crippen LogP contribution in [0.4, 0.5) is 0 Å². The predicted octanol–water partition coefficient (Wildman–Crippen LogP) is 2.32. The highest BCUT2D eigenvalue weighted by Crippen LogP contribution is 2.31. The van der Waals surface area contributed by atoms with E-state index in [-0.39, 0.29) is 12.2 Å². The molecule has 0 amide bonds. The Morgan fingerprint density at radius 2 is 1.93 bits per heavy atom. The summed E-state index contributed by atoms with van der Waals surface area (Å²) in [5, 5.41) is 0. The number of rotatable bonds is 3. The van der Waals surface area contributed by atoms with E-state index >= 15 is 0 Å². The molecule has 1 aliphatic carbocycles. The van der Waals surface area contributed by atoms with Gasteiger partial charge in [0, 0.05) is 7.11 Å². The van der Waals surface area contributed by atoms with Crippen LogP contribution in [0.2, 0.25) is 0 Å². The first-order chi connectivity index (χ1) is 6.75. The second kappa shape index (κ2) is 5.17. The van der Waals surface area contributed by atoms with Crippen molar-refractivity contribution in [3.05, 3.63) is 0 Å². The Hall–Kier alpha value is -0.810. The Balaban J connectivity index is 2.72. The second-order valence-electron chi connectivity index (χ2n) is 3.92. The van der Waals surface area contributed by atoms with Gasteiger partial charge in [-0.25, -0.2) is 0 Å². The zero-order chi connectivity index (χ0) is 10.4. The van der Waals surface area contributed by atoms with Gasteiger partial charge in [-0.05, 0) is 12.8 Å². The lowest BCUT2D eigenvalue weighted by atomic mass is 9.88. The topological polar surface area (TPSA) is 26.3 Å². The highest BCUT2D eigenvalue weighted by molar-refractivity contribution is 5.89. The standard InChI is InChI=1S/C12H18O2/c1-3-8-11(13)12(14-2)9-6-4-5-7-10-12/h1H,4-10H2,2H3. The molecule has 0 saturated heterocycles. The average Bonchev–Trinajstić information content (AvgIpc) is 2.44. The van der Waals surface area contributed by atoms with Gasteiger partial charge in [-0.1, -0.05) is 31.6 Å². The van der Waals surface area contributed by atoms with Gasteiger partial charge in [0.2, 0.25) is 0 Å². The van der Waals surface area contributed by atoms with E-state index in [1.54, 1.807) is 7.11 Å². The van der Waals surface area contributed by atoms with Crippen molar-refractivity contribution in [3.8, 4) is 12.3 Å². The van der Waals surface area contributed by atoms with Crippen molar-refractivity contribution in [2.75, 3.05) is 7.11 Å². The summed E-state index contributed by atoms with van der Waals surface area (Å²) in [6.45, 7) is 0. The van der Waals surface area contributed by atoms with Crippen LogP contribution in [0.3, 0.4) is 0 Å². The van der Waals surface area contributed by atoms with Gasteiger partial charge in [0.05, 0.1) is 6.42 Å². The van der Waals surface area contributed by atoms with E-state index in [9.17, 15) is 4.79 Å². The summed E-state index contributed by atoms with van der Waals surface area (Å²) in [4.78, 5) is 11.8. The summed E-state index contributed by atoms with van der Waals surface area (Å²) in [6, 6.07) is 0. The summed E-state index contributed by atoms with van der Waals surface area (Å²) in [5.74, 6) is 2.50. The molecule has 2 nitrogen and oxygen atoms in total. The summed E-state index contributed by atoms with van der Waals surface area (Å²) >= 11 is 0. The molecule has 14 heavy (non-hydrogen) atoms. The van der Waals surface area contributed by atoms with Crippen molar-refractivity contribution in [3.63, 3.8) is 0 Å². The van der Waals surface area contributed by atoms with Crippen LogP contribution in [0.5, 0.6) is 0 Å². The molecule has 0 aromatic carbocycles. The molecule has 0 bridgehead atoms. The molecule has 0 aromatic heterocycles. The maximum Gasteiger partial charge on any atom is 0.176 e. The monoisotopic (exact) mass is 194 g/mol. The summed E-state index contributed by atoms with van der Waals surface area (Å²) < 4.78 is 5.43. The van der Waals surface area contributed by atoms with E-state index in [1.165, 1.54) is 12.8 Å². The molecular formula is C12H18O2. The molecule has 1 aliphatic rings. The smallest absolute Gasteiger partial charge is 0.176 e. The molecule has 1 fully saturated rings. The van der Waals surface area contributed by atoms with Crippen LogP contribution in [0.25, 0.3) is 0 Å². The van der Waals surface area contributed by atoms with Crippen LogP contribution in [-0.2, 0) is 9.53 Å². The van der Waals surface area contributed by atoms with Crippen LogP contribution in [-0.4, -0.2) is 18.5 Å². The number of carbonyl (C=O) groups is 1. The summed E-state index contributed by atoms with van der Waals surface area (Å²) in [6.07, 6.45) is 11.6. The summed E-state index contributed by atoms with van der Waals surface area (Å²) in [5.41, 5.74) is -0.567. The van der Waals surface area contributed by atoms with E-state index < -0.39 is 5.60 Å². The van der Waals surface area contributed by atoms with Crippen molar-refractivity contribution < 1.29 is 9.53 Å². The predicted molar refractivity (Wildman–Crippen MR) is 55.9 cm³/mol. The SMILES string of the molecule is C#CCC(=O)C1(OC)CCCCCC1. The van der Waals surface area contributed by atoms with Crippen molar-refractivity contribution in [1.29, 1.82) is 0 Å². The van der Waals surface area contributed by atoms with Crippen molar-refractivity contribution >= 4 is 5.78 Å². The molecule has 0 radical (unpaired) electrons. The lowest BCUT2D eigenvalue weighted by Crippen LogP contribution is -2.40. The molecule has 78 valence electrons. The van der Waals surface area contributed by atoms with Gasteiger partial charge in [0.25, 0.3) is 0 Å². The first-order valence-corrected chi connectivity index (χ1v) is 5.27. The minimum Gasteiger partial charge on any atom is -0.370 e. The van der Waals surface area contributed by atoms with Crippen LogP contribution >= 0.6 is 0 Å². The number of ketones is 1. The third kappa shape index (κ3) is 2.36. The van der Waals surface area contributed by atoms with Crippen LogP contribution in [0.15, 0.2) is 0 Å². The number of Topliss-reactive ketones (excluding diaryl/α,β-unsaturated/α-hetero) is 1. The largest absolute Gasteiger partial charge is 0.370 e. The molecule has 0 aromatic rings. The first kappa shape index (κ1) is 11.3. The Kier molecular flexibility index (Phi) is 4.16. The number of terminal acetylenes is 1. The third-order valence-corrected chi connectivity index (χ3v) is 3.07. The molecule has 0 unspecified atom stereocenters. The first-order valence-electron chi connectivity index (χ1n) is 5.27. The van der Waals surface area contributed by atoms with Gasteiger partial charge in [-0.3, -0.25) is 4.79 Å². The van der Waals surface area contributed by atoms with E-state index in [4.69, 9.17) is 11.2 Å². The van der Waals surface area contributed by atoms with Gasteiger partial charge in [-0.15, -0.1) is 6.42 Å². The fraction of sp³-hybridized carbons (Fsp3) is 0.750. The lowest BCUT2D eigenvalue weighted by molar-refractivity contribution is -0.141. The molecule has 0 N–H and O–H groups in total. The van der Waals surface area contributed by atoms with Crippen LogP contribution < -0.4 is 0 Å². The highest BCUT2D eigenvalue weighted by Gasteiger charge is 2.37. The third-order valence-electron chi connectivity index (χ3n) is 3.07. The number of methoxy groups -OCH3 is 1. The minimum atomic E-state index is -0.567. The molecule has 0 spiro atoms. The molecule has 0 atom stereocenters. The molecule has 1 saturated carbocycles. The molecule has 0 aliphatic heterocycles. The number of hydrogen-bond acceptors (Lipinski definition) is 2. The Morgan fingerprint density at radius 1 is 1.36 bits per heavy atom. The Labute approximate surface area is 86.0 Å². The fourth-order valence-electron chi connectivity index (χ4n) is 2.15. The van der Waals surface area contributed by atoms with Crippen molar-refractivity contribution in [2.45, 2.75) is 50.5 Å². The maximum absolute atomic E-state index is 11.8. The Bertz CT molecular complexity index is 229. The van der Waals surface area contributed by atoms with Gasteiger partial charge >= 0.3 is 0 Å². The summed E-state index contributed by atoms with van der Waals surface area (Å²) in [7, 11) is 1.62. The average molecular weight is 194 g/mol.